The van der Waals surface area contributed by atoms with Gasteiger partial charge in [0.25, 0.3) is 0 Å². The highest BCUT2D eigenvalue weighted by Crippen LogP contribution is 2.43. The molecule has 0 unspecified atom stereocenters. The SMILES string of the molecule is C1=C(c2cccc(-c3ccc4c5ccccc5c5ccccc5c4c3)c2)c2sc3ccccc3c2CC1. The Bertz CT molecular complexity index is 2000. The van der Waals surface area contributed by atoms with E-state index in [1.54, 1.807) is 0 Å². The standard InChI is InChI=1S/C36H24S/c1-2-13-29-27(11-1)28-12-3-4-14-30(28)34-22-24(19-20-31(29)34)23-9-7-10-25(21-23)26-16-8-17-33-32-15-5-6-18-35(32)37-36(26)33/h1-7,9-16,18-22H,8,17H2. The van der Waals surface area contributed by atoms with Gasteiger partial charge < -0.3 is 0 Å². The maximum absolute atomic E-state index is 2.44. The monoisotopic (exact) mass is 488 g/mol. The smallest absolute Gasteiger partial charge is 0.0390 e. The van der Waals surface area contributed by atoms with Crippen LogP contribution in [0, 0.1) is 0 Å². The Balaban J connectivity index is 1.30. The van der Waals surface area contributed by atoms with Gasteiger partial charge in [-0.05, 0) is 96.6 Å². The molecule has 0 aliphatic heterocycles. The van der Waals surface area contributed by atoms with E-state index in [0.29, 0.717) is 0 Å². The van der Waals surface area contributed by atoms with Crippen LogP contribution >= 0.6 is 11.3 Å². The van der Waals surface area contributed by atoms with Crippen molar-refractivity contribution in [2.24, 2.45) is 0 Å². The second kappa shape index (κ2) is 8.16. The third-order valence-corrected chi connectivity index (χ3v) is 9.18. The lowest BCUT2D eigenvalue weighted by Crippen LogP contribution is -1.97. The van der Waals surface area contributed by atoms with Crippen LogP contribution in [0.15, 0.2) is 121 Å². The van der Waals surface area contributed by atoms with Crippen molar-refractivity contribution >= 4 is 59.3 Å². The second-order valence-corrected chi connectivity index (χ2v) is 11.0. The predicted molar refractivity (Wildman–Crippen MR) is 162 cm³/mol. The van der Waals surface area contributed by atoms with Crippen LogP contribution in [0.1, 0.15) is 22.4 Å². The highest BCUT2D eigenvalue weighted by molar-refractivity contribution is 7.20. The molecule has 0 nitrogen and oxygen atoms in total. The summed E-state index contributed by atoms with van der Waals surface area (Å²) < 4.78 is 1.39. The number of benzene rings is 6. The number of thiophene rings is 1. The van der Waals surface area contributed by atoms with Crippen molar-refractivity contribution in [3.8, 4) is 11.1 Å². The van der Waals surface area contributed by atoms with Crippen molar-refractivity contribution < 1.29 is 0 Å². The van der Waals surface area contributed by atoms with E-state index in [9.17, 15) is 0 Å². The molecule has 1 aromatic heterocycles. The molecule has 8 rings (SSSR count). The van der Waals surface area contributed by atoms with Gasteiger partial charge in [-0.25, -0.2) is 0 Å². The molecule has 0 atom stereocenters. The van der Waals surface area contributed by atoms with Crippen molar-refractivity contribution in [3.05, 3.63) is 137 Å². The van der Waals surface area contributed by atoms with E-state index in [-0.39, 0.29) is 0 Å². The van der Waals surface area contributed by atoms with Crippen LogP contribution in [0.5, 0.6) is 0 Å². The van der Waals surface area contributed by atoms with Gasteiger partial charge in [0.1, 0.15) is 0 Å². The Kier molecular flexibility index (Phi) is 4.62. The van der Waals surface area contributed by atoms with E-state index < -0.39 is 0 Å². The summed E-state index contributed by atoms with van der Waals surface area (Å²) in [6.45, 7) is 0. The lowest BCUT2D eigenvalue weighted by Gasteiger charge is -2.16. The van der Waals surface area contributed by atoms with E-state index in [0.717, 1.165) is 12.8 Å². The third kappa shape index (κ3) is 3.21. The van der Waals surface area contributed by atoms with Crippen LogP contribution in [-0.2, 0) is 6.42 Å². The van der Waals surface area contributed by atoms with Crippen LogP contribution in [0.3, 0.4) is 0 Å². The minimum absolute atomic E-state index is 1.10. The van der Waals surface area contributed by atoms with Crippen molar-refractivity contribution in [1.29, 1.82) is 0 Å². The molecule has 1 aliphatic carbocycles. The quantitative estimate of drug-likeness (QED) is 0.212. The first-order chi connectivity index (χ1) is 18.3. The van der Waals surface area contributed by atoms with E-state index in [4.69, 9.17) is 0 Å². The van der Waals surface area contributed by atoms with Crippen LogP contribution < -0.4 is 0 Å². The molecule has 0 bridgehead atoms. The summed E-state index contributed by atoms with van der Waals surface area (Å²) in [7, 11) is 0. The molecule has 0 N–H and O–H groups in total. The van der Waals surface area contributed by atoms with Crippen LogP contribution in [-0.4, -0.2) is 0 Å². The zero-order chi connectivity index (χ0) is 24.3. The molecule has 1 heteroatoms. The average molecular weight is 489 g/mol. The fourth-order valence-corrected chi connectivity index (χ4v) is 7.53. The van der Waals surface area contributed by atoms with Gasteiger partial charge in [-0.3, -0.25) is 0 Å². The Hall–Kier alpha value is -4.20. The van der Waals surface area contributed by atoms with Gasteiger partial charge in [0, 0.05) is 9.58 Å². The summed E-state index contributed by atoms with van der Waals surface area (Å²) in [4.78, 5) is 1.44. The van der Waals surface area contributed by atoms with Gasteiger partial charge in [0.2, 0.25) is 0 Å². The number of fused-ring (bicyclic) bond motifs is 9. The maximum Gasteiger partial charge on any atom is 0.0390 e. The molecule has 0 amide bonds. The summed E-state index contributed by atoms with van der Waals surface area (Å²) in [5.74, 6) is 0. The average Bonchev–Trinajstić information content (AvgIpc) is 3.36. The molecule has 7 aromatic rings. The molecule has 1 aliphatic rings. The Morgan fingerprint density at radius 1 is 0.459 bits per heavy atom. The first-order valence-corrected chi connectivity index (χ1v) is 13.8. The molecule has 0 saturated carbocycles. The highest BCUT2D eigenvalue weighted by atomic mass is 32.1. The number of hydrogen-bond donors (Lipinski definition) is 0. The molecule has 0 radical (unpaired) electrons. The number of aryl methyl sites for hydroxylation is 1. The first kappa shape index (κ1) is 20.9. The number of rotatable bonds is 2. The van der Waals surface area contributed by atoms with Gasteiger partial charge >= 0.3 is 0 Å². The van der Waals surface area contributed by atoms with Crippen molar-refractivity contribution in [2.45, 2.75) is 12.8 Å². The minimum Gasteiger partial charge on any atom is -0.135 e. The number of allylic oxidation sites excluding steroid dienone is 1. The fraction of sp³-hybridized carbons (Fsp3) is 0.0556. The largest absolute Gasteiger partial charge is 0.135 e. The third-order valence-electron chi connectivity index (χ3n) is 7.94. The Morgan fingerprint density at radius 3 is 1.81 bits per heavy atom. The summed E-state index contributed by atoms with van der Waals surface area (Å²) in [6.07, 6.45) is 4.67. The van der Waals surface area contributed by atoms with Crippen LogP contribution in [0.4, 0.5) is 0 Å². The van der Waals surface area contributed by atoms with Crippen molar-refractivity contribution in [3.63, 3.8) is 0 Å². The zero-order valence-electron chi connectivity index (χ0n) is 20.4. The van der Waals surface area contributed by atoms with Crippen molar-refractivity contribution in [1.82, 2.24) is 0 Å². The van der Waals surface area contributed by atoms with Crippen molar-refractivity contribution in [2.75, 3.05) is 0 Å². The molecule has 1 heterocycles. The lowest BCUT2D eigenvalue weighted by atomic mass is 9.89. The first-order valence-electron chi connectivity index (χ1n) is 13.0. The fourth-order valence-electron chi connectivity index (χ4n) is 6.22. The molecule has 0 fully saturated rings. The zero-order valence-corrected chi connectivity index (χ0v) is 21.2. The molecule has 37 heavy (non-hydrogen) atoms. The van der Waals surface area contributed by atoms with Gasteiger partial charge in [0.05, 0.1) is 0 Å². The van der Waals surface area contributed by atoms with Gasteiger partial charge in [-0.1, -0.05) is 103 Å². The van der Waals surface area contributed by atoms with Gasteiger partial charge in [-0.15, -0.1) is 11.3 Å². The normalized spacial score (nSPS) is 13.4. The molecular formula is C36H24S. The summed E-state index contributed by atoms with van der Waals surface area (Å²) >= 11 is 1.94. The van der Waals surface area contributed by atoms with Gasteiger partial charge in [0.15, 0.2) is 0 Å². The highest BCUT2D eigenvalue weighted by Gasteiger charge is 2.20. The Morgan fingerprint density at radius 2 is 1.05 bits per heavy atom. The second-order valence-electron chi connectivity index (χ2n) is 9.99. The molecular weight excluding hydrogens is 464 g/mol. The summed E-state index contributed by atoms with van der Waals surface area (Å²) in [5.41, 5.74) is 6.76. The molecule has 0 spiro atoms. The van der Waals surface area contributed by atoms with E-state index in [1.807, 2.05) is 11.3 Å². The predicted octanol–water partition coefficient (Wildman–Crippen LogP) is 10.4. The number of hydrogen-bond acceptors (Lipinski definition) is 1. The molecule has 174 valence electrons. The topological polar surface area (TPSA) is 0 Å². The molecule has 6 aromatic carbocycles. The van der Waals surface area contributed by atoms with E-state index in [2.05, 4.69) is 121 Å². The van der Waals surface area contributed by atoms with Crippen LogP contribution in [0.2, 0.25) is 0 Å². The van der Waals surface area contributed by atoms with Gasteiger partial charge in [-0.2, -0.15) is 0 Å². The summed E-state index contributed by atoms with van der Waals surface area (Å²) in [5, 5.41) is 9.35. The maximum atomic E-state index is 2.44. The van der Waals surface area contributed by atoms with E-state index >= 15 is 0 Å². The summed E-state index contributed by atoms with van der Waals surface area (Å²) in [6, 6.07) is 42.6. The van der Waals surface area contributed by atoms with E-state index in [1.165, 1.54) is 75.1 Å². The Labute approximate surface area is 220 Å². The molecule has 0 saturated heterocycles. The van der Waals surface area contributed by atoms with Crippen LogP contribution in [0.25, 0.3) is 59.1 Å². The lowest BCUT2D eigenvalue weighted by molar-refractivity contribution is 0.998. The minimum atomic E-state index is 1.10.